The maximum Gasteiger partial charge on any atom is 0.401 e. The lowest BCUT2D eigenvalue weighted by atomic mass is 9.97. The molecule has 170 valence electrons. The molecule has 1 saturated heterocycles. The van der Waals surface area contributed by atoms with Gasteiger partial charge in [0.2, 0.25) is 0 Å². The zero-order valence-corrected chi connectivity index (χ0v) is 18.4. The molecule has 0 bridgehead atoms. The second kappa shape index (κ2) is 12.2. The van der Waals surface area contributed by atoms with E-state index in [1.54, 1.807) is 0 Å². The fourth-order valence-electron chi connectivity index (χ4n) is 3.83. The molecule has 2 atom stereocenters. The molecule has 2 rings (SSSR count). The van der Waals surface area contributed by atoms with Gasteiger partial charge in [0.25, 0.3) is 0 Å². The van der Waals surface area contributed by atoms with Crippen molar-refractivity contribution in [2.45, 2.75) is 57.9 Å². The predicted molar refractivity (Wildman–Crippen MR) is 117 cm³/mol. The monoisotopic (exact) mass is 427 g/mol. The van der Waals surface area contributed by atoms with Gasteiger partial charge in [-0.2, -0.15) is 13.2 Å². The van der Waals surface area contributed by atoms with Gasteiger partial charge in [-0.25, -0.2) is 0 Å². The Kier molecular flexibility index (Phi) is 9.91. The number of nitrogens with one attached hydrogen (secondary N) is 2. The number of likely N-dealkylation sites (tertiary alicyclic amines) is 1. The van der Waals surface area contributed by atoms with Gasteiger partial charge in [-0.1, -0.05) is 30.3 Å². The summed E-state index contributed by atoms with van der Waals surface area (Å²) in [5, 5.41) is 6.77. The van der Waals surface area contributed by atoms with E-state index in [9.17, 15) is 13.2 Å². The van der Waals surface area contributed by atoms with Gasteiger partial charge in [-0.3, -0.25) is 14.8 Å². The number of halogens is 3. The molecule has 1 aliphatic rings. The van der Waals surface area contributed by atoms with E-state index in [0.717, 1.165) is 38.4 Å². The van der Waals surface area contributed by atoms with Crippen molar-refractivity contribution in [3.63, 3.8) is 0 Å². The molecule has 0 spiro atoms. The van der Waals surface area contributed by atoms with Crippen LogP contribution >= 0.6 is 0 Å². The molecule has 2 unspecified atom stereocenters. The Morgan fingerprint density at radius 1 is 1.27 bits per heavy atom. The highest BCUT2D eigenvalue weighted by molar-refractivity contribution is 5.80. The smallest absolute Gasteiger partial charge is 0.357 e. The summed E-state index contributed by atoms with van der Waals surface area (Å²) in [5.41, 5.74) is 1.33. The van der Waals surface area contributed by atoms with Crippen LogP contribution in [0.2, 0.25) is 0 Å². The van der Waals surface area contributed by atoms with Crippen molar-refractivity contribution in [1.29, 1.82) is 0 Å². The van der Waals surface area contributed by atoms with Crippen LogP contribution in [-0.4, -0.2) is 73.8 Å². The van der Waals surface area contributed by atoms with Crippen LogP contribution in [0.25, 0.3) is 0 Å². The molecule has 8 heteroatoms. The molecule has 0 saturated carbocycles. The first kappa shape index (κ1) is 24.5. The normalized spacial score (nSPS) is 21.1. The Labute approximate surface area is 178 Å². The van der Waals surface area contributed by atoms with Crippen LogP contribution in [0.3, 0.4) is 0 Å². The summed E-state index contributed by atoms with van der Waals surface area (Å²) in [6.45, 7) is 7.01. The first-order valence-corrected chi connectivity index (χ1v) is 10.8. The zero-order valence-electron chi connectivity index (χ0n) is 18.4. The lowest BCUT2D eigenvalue weighted by Gasteiger charge is -2.38. The van der Waals surface area contributed by atoms with E-state index in [1.165, 1.54) is 17.5 Å². The highest BCUT2D eigenvalue weighted by atomic mass is 19.4. The largest absolute Gasteiger partial charge is 0.401 e. The number of nitrogens with zero attached hydrogens (tertiary/aromatic N) is 3. The number of guanidine groups is 1. The van der Waals surface area contributed by atoms with E-state index >= 15 is 0 Å². The standard InChI is InChI=1S/C22H36F3N5/c1-4-26-21(27-12-8-13-29(3)17-22(23,24)25)28-20-11-14-30(18(2)15-20)16-19-9-6-5-7-10-19/h5-7,9-10,18,20H,4,8,11-17H2,1-3H3,(H2,26,27,28). The molecule has 1 fully saturated rings. The summed E-state index contributed by atoms with van der Waals surface area (Å²) in [6, 6.07) is 11.3. The highest BCUT2D eigenvalue weighted by Crippen LogP contribution is 2.20. The van der Waals surface area contributed by atoms with Crippen molar-refractivity contribution in [3.05, 3.63) is 35.9 Å². The summed E-state index contributed by atoms with van der Waals surface area (Å²) >= 11 is 0. The molecule has 1 aromatic rings. The van der Waals surface area contributed by atoms with Crippen LogP contribution in [0.1, 0.15) is 38.7 Å². The van der Waals surface area contributed by atoms with Crippen LogP contribution < -0.4 is 10.6 Å². The number of hydrogen-bond donors (Lipinski definition) is 2. The summed E-state index contributed by atoms with van der Waals surface area (Å²) in [6.07, 6.45) is -1.49. The molecule has 1 aliphatic heterocycles. The molecular formula is C22H36F3N5. The minimum atomic E-state index is -4.15. The lowest BCUT2D eigenvalue weighted by molar-refractivity contribution is -0.143. The third-order valence-corrected chi connectivity index (χ3v) is 5.34. The Balaban J connectivity index is 1.77. The van der Waals surface area contributed by atoms with Crippen molar-refractivity contribution in [3.8, 4) is 0 Å². The van der Waals surface area contributed by atoms with Gasteiger partial charge in [0.1, 0.15) is 0 Å². The van der Waals surface area contributed by atoms with E-state index in [0.29, 0.717) is 31.6 Å². The van der Waals surface area contributed by atoms with Gasteiger partial charge < -0.3 is 10.6 Å². The third kappa shape index (κ3) is 9.34. The van der Waals surface area contributed by atoms with Crippen LogP contribution in [0.4, 0.5) is 13.2 Å². The van der Waals surface area contributed by atoms with E-state index in [4.69, 9.17) is 0 Å². The van der Waals surface area contributed by atoms with Gasteiger partial charge in [-0.05, 0) is 52.3 Å². The number of benzene rings is 1. The molecule has 0 aliphatic carbocycles. The van der Waals surface area contributed by atoms with Crippen molar-refractivity contribution < 1.29 is 13.2 Å². The SMILES string of the molecule is CCNC(=NCCCN(C)CC(F)(F)F)NC1CCN(Cc2ccccc2)C(C)C1. The Morgan fingerprint density at radius 3 is 2.63 bits per heavy atom. The zero-order chi connectivity index (χ0) is 22.0. The lowest BCUT2D eigenvalue weighted by Crippen LogP contribution is -2.51. The summed E-state index contributed by atoms with van der Waals surface area (Å²) in [4.78, 5) is 8.36. The molecule has 5 nitrogen and oxygen atoms in total. The van der Waals surface area contributed by atoms with E-state index in [-0.39, 0.29) is 0 Å². The fourth-order valence-corrected chi connectivity index (χ4v) is 3.83. The van der Waals surface area contributed by atoms with Gasteiger partial charge in [-0.15, -0.1) is 0 Å². The van der Waals surface area contributed by atoms with Gasteiger partial charge in [0.05, 0.1) is 6.54 Å². The maximum absolute atomic E-state index is 12.4. The molecule has 2 N–H and O–H groups in total. The molecule has 0 aromatic heterocycles. The number of aliphatic imine (C=N–C) groups is 1. The molecule has 0 radical (unpaired) electrons. The average Bonchev–Trinajstić information content (AvgIpc) is 2.67. The van der Waals surface area contributed by atoms with E-state index in [1.807, 2.05) is 13.0 Å². The number of hydrogen-bond acceptors (Lipinski definition) is 3. The minimum Gasteiger partial charge on any atom is -0.357 e. The molecule has 30 heavy (non-hydrogen) atoms. The number of piperidine rings is 1. The third-order valence-electron chi connectivity index (χ3n) is 5.34. The Hall–Kier alpha value is -1.80. The summed E-state index contributed by atoms with van der Waals surface area (Å²) in [7, 11) is 1.49. The molecule has 1 aromatic carbocycles. The van der Waals surface area contributed by atoms with Crippen LogP contribution in [0.15, 0.2) is 35.3 Å². The predicted octanol–water partition coefficient (Wildman–Crippen LogP) is 3.48. The minimum absolute atomic E-state index is 0.345. The van der Waals surface area contributed by atoms with Crippen molar-refractivity contribution in [2.24, 2.45) is 4.99 Å². The Bertz CT molecular complexity index is 635. The van der Waals surface area contributed by atoms with Crippen LogP contribution in [0, 0.1) is 0 Å². The van der Waals surface area contributed by atoms with Gasteiger partial charge in [0.15, 0.2) is 5.96 Å². The quantitative estimate of drug-likeness (QED) is 0.360. The number of alkyl halides is 3. The molecular weight excluding hydrogens is 391 g/mol. The van der Waals surface area contributed by atoms with Crippen molar-refractivity contribution in [2.75, 3.05) is 39.8 Å². The van der Waals surface area contributed by atoms with Crippen molar-refractivity contribution >= 4 is 5.96 Å². The van der Waals surface area contributed by atoms with Crippen LogP contribution in [-0.2, 0) is 6.54 Å². The second-order valence-corrected chi connectivity index (χ2v) is 8.14. The van der Waals surface area contributed by atoms with Crippen LogP contribution in [0.5, 0.6) is 0 Å². The van der Waals surface area contributed by atoms with Gasteiger partial charge >= 0.3 is 6.18 Å². The summed E-state index contributed by atoms with van der Waals surface area (Å²) < 4.78 is 37.2. The highest BCUT2D eigenvalue weighted by Gasteiger charge is 2.29. The topological polar surface area (TPSA) is 42.9 Å². The second-order valence-electron chi connectivity index (χ2n) is 8.14. The maximum atomic E-state index is 12.4. The summed E-state index contributed by atoms with van der Waals surface area (Å²) in [5.74, 6) is 0.754. The van der Waals surface area contributed by atoms with Crippen molar-refractivity contribution in [1.82, 2.24) is 20.4 Å². The van der Waals surface area contributed by atoms with E-state index in [2.05, 4.69) is 51.7 Å². The average molecular weight is 428 g/mol. The molecule has 0 amide bonds. The fraction of sp³-hybridized carbons (Fsp3) is 0.682. The van der Waals surface area contributed by atoms with Gasteiger partial charge in [0, 0.05) is 38.3 Å². The molecule has 1 heterocycles. The Morgan fingerprint density at radius 2 is 2.00 bits per heavy atom. The van der Waals surface area contributed by atoms with E-state index < -0.39 is 12.7 Å². The number of rotatable bonds is 9. The first-order valence-electron chi connectivity index (χ1n) is 10.8. The first-order chi connectivity index (χ1) is 14.3.